The molecule has 4 rings (SSSR count). The van der Waals surface area contributed by atoms with E-state index in [-0.39, 0.29) is 12.0 Å². The van der Waals surface area contributed by atoms with E-state index in [2.05, 4.69) is 9.97 Å². The summed E-state index contributed by atoms with van der Waals surface area (Å²) in [7, 11) is 0. The first kappa shape index (κ1) is 25.0. The van der Waals surface area contributed by atoms with Crippen molar-refractivity contribution in [2.75, 3.05) is 26.3 Å². The molecule has 1 amide bonds. The number of alkyl halides is 3. The summed E-state index contributed by atoms with van der Waals surface area (Å²) in [6.45, 7) is 4.21. The molecular weight excluding hydrogens is 461 g/mol. The number of likely N-dealkylation sites (tertiary alicyclic amines) is 1. The summed E-state index contributed by atoms with van der Waals surface area (Å²) in [6, 6.07) is 5.41. The van der Waals surface area contributed by atoms with Crippen molar-refractivity contribution in [1.82, 2.24) is 14.9 Å². The van der Waals surface area contributed by atoms with E-state index in [0.717, 1.165) is 6.42 Å². The molecule has 182 valence electrons. The molecule has 2 saturated heterocycles. The number of carbonyl (C=O) groups is 2. The van der Waals surface area contributed by atoms with Crippen LogP contribution in [0.3, 0.4) is 0 Å². The highest BCUT2D eigenvalue weighted by atomic mass is 19.4. The number of halogens is 3. The number of ether oxygens (including phenoxy) is 2. The second-order valence-corrected chi connectivity index (χ2v) is 7.71. The van der Waals surface area contributed by atoms with Crippen LogP contribution < -0.4 is 4.74 Å². The highest BCUT2D eigenvalue weighted by Crippen LogP contribution is 2.36. The van der Waals surface area contributed by atoms with Crippen LogP contribution in [0.25, 0.3) is 0 Å². The van der Waals surface area contributed by atoms with Gasteiger partial charge in [0.15, 0.2) is 6.39 Å². The fourth-order valence-corrected chi connectivity index (χ4v) is 3.76. The molecule has 2 aromatic rings. The maximum Gasteiger partial charge on any atom is 0.490 e. The number of carboxylic acids is 1. The Hall–Kier alpha value is -3.66. The van der Waals surface area contributed by atoms with Gasteiger partial charge in [0, 0.05) is 31.3 Å². The Morgan fingerprint density at radius 2 is 2.06 bits per heavy atom. The quantitative estimate of drug-likeness (QED) is 0.681. The molecule has 0 spiro atoms. The van der Waals surface area contributed by atoms with Crippen LogP contribution in [0.15, 0.2) is 29.1 Å². The summed E-state index contributed by atoms with van der Waals surface area (Å²) < 4.78 is 48.6. The third kappa shape index (κ3) is 6.02. The van der Waals surface area contributed by atoms with Crippen LogP contribution in [0.2, 0.25) is 0 Å². The lowest BCUT2D eigenvalue weighted by Gasteiger charge is -2.19. The van der Waals surface area contributed by atoms with Crippen molar-refractivity contribution in [3.8, 4) is 11.9 Å². The maximum absolute atomic E-state index is 12.6. The fourth-order valence-electron chi connectivity index (χ4n) is 3.76. The van der Waals surface area contributed by atoms with Gasteiger partial charge in [-0.25, -0.2) is 14.8 Å². The summed E-state index contributed by atoms with van der Waals surface area (Å²) in [5.41, 5.74) is 1.12. The predicted molar refractivity (Wildman–Crippen MR) is 107 cm³/mol. The average Bonchev–Trinajstić information content (AvgIpc) is 3.50. The molecule has 1 N–H and O–H groups in total. The molecule has 10 nitrogen and oxygen atoms in total. The van der Waals surface area contributed by atoms with Gasteiger partial charge < -0.3 is 23.9 Å². The number of nitriles is 1. The van der Waals surface area contributed by atoms with E-state index in [0.29, 0.717) is 61.0 Å². The Balaban J connectivity index is 0.000000406. The monoisotopic (exact) mass is 482 g/mol. The smallest absolute Gasteiger partial charge is 0.478 e. The number of aryl methyl sites for hydroxylation is 1. The second kappa shape index (κ2) is 10.5. The van der Waals surface area contributed by atoms with Crippen LogP contribution in [0.1, 0.15) is 28.2 Å². The summed E-state index contributed by atoms with van der Waals surface area (Å²) in [5, 5.41) is 15.9. The molecular formula is C21H21F3N4O6. The Bertz CT molecular complexity index is 1050. The standard InChI is InChI=1S/C19H20N4O4.C2HF3O2/c1-12-18(27-11-22-12)19(24)23-8-15-14(10-26-16(15)9-23)4-5-25-17-3-2-13(6-20)7-21-17;3-2(4,5)1(6)7/h2-3,7,11,14-16H,4-5,8-10H2,1H3;(H,6,7)/t14-,15-,16-;/m0./s1. The molecule has 0 aliphatic carbocycles. The lowest BCUT2D eigenvalue weighted by Crippen LogP contribution is -2.31. The average molecular weight is 482 g/mol. The number of oxazole rings is 1. The first-order valence-electron chi connectivity index (χ1n) is 10.2. The number of aromatic nitrogens is 2. The van der Waals surface area contributed by atoms with Gasteiger partial charge in [0.05, 0.1) is 30.6 Å². The van der Waals surface area contributed by atoms with Gasteiger partial charge in [-0.2, -0.15) is 18.4 Å². The van der Waals surface area contributed by atoms with E-state index < -0.39 is 12.1 Å². The van der Waals surface area contributed by atoms with E-state index >= 15 is 0 Å². The Labute approximate surface area is 191 Å². The number of aliphatic carboxylic acids is 1. The van der Waals surface area contributed by atoms with Gasteiger partial charge in [-0.15, -0.1) is 0 Å². The van der Waals surface area contributed by atoms with Crippen molar-refractivity contribution >= 4 is 11.9 Å². The van der Waals surface area contributed by atoms with Gasteiger partial charge in [-0.1, -0.05) is 0 Å². The van der Waals surface area contributed by atoms with Crippen molar-refractivity contribution in [3.63, 3.8) is 0 Å². The van der Waals surface area contributed by atoms with E-state index in [9.17, 15) is 18.0 Å². The highest BCUT2D eigenvalue weighted by molar-refractivity contribution is 5.92. The summed E-state index contributed by atoms with van der Waals surface area (Å²) in [4.78, 5) is 31.4. The minimum absolute atomic E-state index is 0.0650. The zero-order valence-corrected chi connectivity index (χ0v) is 18.0. The minimum atomic E-state index is -5.08. The van der Waals surface area contributed by atoms with Gasteiger partial charge in [0.1, 0.15) is 6.07 Å². The molecule has 2 aromatic heterocycles. The number of hydrogen-bond donors (Lipinski definition) is 1. The molecule has 0 bridgehead atoms. The third-order valence-electron chi connectivity index (χ3n) is 5.51. The van der Waals surface area contributed by atoms with E-state index in [1.807, 2.05) is 6.07 Å². The molecule has 2 aliphatic rings. The Kier molecular flexibility index (Phi) is 7.72. The van der Waals surface area contributed by atoms with Gasteiger partial charge in [0.2, 0.25) is 11.6 Å². The number of hydrogen-bond acceptors (Lipinski definition) is 8. The van der Waals surface area contributed by atoms with Gasteiger partial charge in [-0.3, -0.25) is 4.79 Å². The summed E-state index contributed by atoms with van der Waals surface area (Å²) in [5.74, 6) is -1.43. The molecule has 0 saturated carbocycles. The lowest BCUT2D eigenvalue weighted by atomic mass is 9.91. The topological polar surface area (TPSA) is 139 Å². The number of amides is 1. The highest BCUT2D eigenvalue weighted by Gasteiger charge is 2.45. The van der Waals surface area contributed by atoms with E-state index in [1.54, 1.807) is 24.0 Å². The van der Waals surface area contributed by atoms with Crippen LogP contribution in [-0.4, -0.2) is 70.4 Å². The number of nitrogens with zero attached hydrogens (tertiary/aromatic N) is 4. The van der Waals surface area contributed by atoms with E-state index in [4.69, 9.17) is 29.1 Å². The number of pyridine rings is 1. The molecule has 4 heterocycles. The zero-order valence-electron chi connectivity index (χ0n) is 18.0. The molecule has 0 aromatic carbocycles. The summed E-state index contributed by atoms with van der Waals surface area (Å²) in [6.07, 6.45) is -1.40. The normalized spacial score (nSPS) is 21.3. The van der Waals surface area contributed by atoms with Gasteiger partial charge in [-0.05, 0) is 25.3 Å². The predicted octanol–water partition coefficient (Wildman–Crippen LogP) is 2.44. The number of fused-ring (bicyclic) bond motifs is 1. The van der Waals surface area contributed by atoms with Crippen molar-refractivity contribution in [1.29, 1.82) is 5.26 Å². The van der Waals surface area contributed by atoms with Crippen molar-refractivity contribution in [3.05, 3.63) is 41.7 Å². The second-order valence-electron chi connectivity index (χ2n) is 7.71. The lowest BCUT2D eigenvalue weighted by molar-refractivity contribution is -0.192. The molecule has 0 radical (unpaired) electrons. The minimum Gasteiger partial charge on any atom is -0.478 e. The van der Waals surface area contributed by atoms with E-state index in [1.165, 1.54) is 12.6 Å². The maximum atomic E-state index is 12.6. The Morgan fingerprint density at radius 1 is 1.32 bits per heavy atom. The molecule has 13 heteroatoms. The number of carbonyl (C=O) groups excluding carboxylic acids is 1. The zero-order chi connectivity index (χ0) is 24.9. The van der Waals surface area contributed by atoms with Crippen molar-refractivity contribution in [2.45, 2.75) is 25.6 Å². The summed E-state index contributed by atoms with van der Waals surface area (Å²) >= 11 is 0. The third-order valence-corrected chi connectivity index (χ3v) is 5.51. The van der Waals surface area contributed by atoms with Crippen LogP contribution in [-0.2, 0) is 9.53 Å². The van der Waals surface area contributed by atoms with Gasteiger partial charge in [0.25, 0.3) is 5.91 Å². The van der Waals surface area contributed by atoms with Crippen molar-refractivity contribution < 1.29 is 41.8 Å². The first-order chi connectivity index (χ1) is 16.1. The molecule has 0 unspecified atom stereocenters. The van der Waals surface area contributed by atoms with Crippen LogP contribution >= 0.6 is 0 Å². The largest absolute Gasteiger partial charge is 0.490 e. The van der Waals surface area contributed by atoms with Gasteiger partial charge >= 0.3 is 12.1 Å². The first-order valence-corrected chi connectivity index (χ1v) is 10.2. The fraction of sp³-hybridized carbons (Fsp3) is 0.476. The van der Waals surface area contributed by atoms with Crippen LogP contribution in [0.5, 0.6) is 5.88 Å². The number of carboxylic acid groups (broad SMARTS) is 1. The SMILES string of the molecule is Cc1ncoc1C(=O)N1C[C@H]2[C@@H](CCOc3ccc(C#N)cn3)CO[C@H]2C1.O=C(O)C(F)(F)F. The molecule has 3 atom stereocenters. The molecule has 2 aliphatic heterocycles. The van der Waals surface area contributed by atoms with Crippen LogP contribution in [0.4, 0.5) is 13.2 Å². The molecule has 2 fully saturated rings. The number of rotatable bonds is 5. The Morgan fingerprint density at radius 3 is 2.62 bits per heavy atom. The van der Waals surface area contributed by atoms with Crippen molar-refractivity contribution in [2.24, 2.45) is 11.8 Å². The van der Waals surface area contributed by atoms with Crippen LogP contribution in [0, 0.1) is 30.1 Å². The molecule has 34 heavy (non-hydrogen) atoms.